The summed E-state index contributed by atoms with van der Waals surface area (Å²) in [5.41, 5.74) is -1.19. The Morgan fingerprint density at radius 2 is 1.84 bits per heavy atom. The van der Waals surface area contributed by atoms with E-state index in [9.17, 15) is 22.7 Å². The second-order valence-corrected chi connectivity index (χ2v) is 5.74. The molecule has 0 bridgehead atoms. The number of benzene rings is 1. The van der Waals surface area contributed by atoms with Crippen LogP contribution in [0.5, 0.6) is 0 Å². The first-order valence-electron chi connectivity index (χ1n) is 7.56. The van der Waals surface area contributed by atoms with Crippen molar-refractivity contribution in [3.63, 3.8) is 0 Å². The van der Waals surface area contributed by atoms with Gasteiger partial charge >= 0.3 is 6.18 Å². The van der Waals surface area contributed by atoms with Crippen LogP contribution < -0.4 is 10.6 Å². The zero-order chi connectivity index (χ0) is 18.6. The Morgan fingerprint density at radius 1 is 1.16 bits per heavy atom. The summed E-state index contributed by atoms with van der Waals surface area (Å²) < 4.78 is 52.9. The maximum Gasteiger partial charge on any atom is 0.433 e. The number of para-hydroxylation sites is 1. The van der Waals surface area contributed by atoms with Gasteiger partial charge in [-0.15, -0.1) is 0 Å². The Labute approximate surface area is 142 Å². The fourth-order valence-corrected chi connectivity index (χ4v) is 2.01. The van der Waals surface area contributed by atoms with Gasteiger partial charge in [0.25, 0.3) is 0 Å². The zero-order valence-electron chi connectivity index (χ0n) is 13.6. The lowest BCUT2D eigenvalue weighted by atomic mass is 10.1. The van der Waals surface area contributed by atoms with Crippen molar-refractivity contribution >= 4 is 17.5 Å². The number of anilines is 3. The highest BCUT2D eigenvalue weighted by molar-refractivity contribution is 5.58. The van der Waals surface area contributed by atoms with Crippen molar-refractivity contribution in [2.45, 2.75) is 26.1 Å². The van der Waals surface area contributed by atoms with E-state index in [0.717, 1.165) is 0 Å². The van der Waals surface area contributed by atoms with Crippen LogP contribution >= 0.6 is 0 Å². The Bertz CT molecular complexity index is 722. The quantitative estimate of drug-likeness (QED) is 0.685. The number of aromatic nitrogens is 2. The third-order valence-electron chi connectivity index (χ3n) is 3.47. The summed E-state index contributed by atoms with van der Waals surface area (Å²) in [4.78, 5) is 7.39. The average Bonchev–Trinajstić information content (AvgIpc) is 2.53. The molecule has 0 fully saturated rings. The van der Waals surface area contributed by atoms with E-state index in [1.165, 1.54) is 24.3 Å². The molecule has 0 spiro atoms. The molecule has 0 amide bonds. The van der Waals surface area contributed by atoms with Crippen molar-refractivity contribution in [1.29, 1.82) is 0 Å². The van der Waals surface area contributed by atoms with Gasteiger partial charge in [-0.3, -0.25) is 0 Å². The molecule has 136 valence electrons. The Balaban J connectivity index is 2.38. The molecule has 5 nitrogen and oxygen atoms in total. The van der Waals surface area contributed by atoms with E-state index >= 15 is 0 Å². The first-order valence-corrected chi connectivity index (χ1v) is 7.56. The van der Waals surface area contributed by atoms with Crippen molar-refractivity contribution in [1.82, 2.24) is 9.97 Å². The molecule has 0 unspecified atom stereocenters. The highest BCUT2D eigenvalue weighted by atomic mass is 19.4. The number of hydrogen-bond donors (Lipinski definition) is 3. The number of rotatable bonds is 6. The molecule has 0 aliphatic heterocycles. The second kappa shape index (κ2) is 7.64. The monoisotopic (exact) mass is 358 g/mol. The van der Waals surface area contributed by atoms with Crippen LogP contribution in [0.2, 0.25) is 0 Å². The largest absolute Gasteiger partial charge is 0.433 e. The number of aliphatic hydroxyl groups excluding tert-OH is 1. The van der Waals surface area contributed by atoms with Gasteiger partial charge in [0.1, 0.15) is 11.6 Å². The van der Waals surface area contributed by atoms with Gasteiger partial charge in [0.05, 0.1) is 18.3 Å². The van der Waals surface area contributed by atoms with Crippen LogP contribution in [-0.4, -0.2) is 27.7 Å². The molecule has 0 radical (unpaired) electrons. The molecule has 1 aromatic carbocycles. The SMILES string of the molecule is CC(C)[C@H](CO)Nc1nc(Nc2ccccc2F)cc(C(F)(F)F)n1. The van der Waals surface area contributed by atoms with E-state index in [2.05, 4.69) is 20.6 Å². The first kappa shape index (κ1) is 18.9. The maximum absolute atomic E-state index is 13.7. The Hall–Kier alpha value is -2.42. The minimum atomic E-state index is -4.70. The maximum atomic E-state index is 13.7. The predicted octanol–water partition coefficient (Wildman–Crippen LogP) is 3.81. The van der Waals surface area contributed by atoms with E-state index in [1.54, 1.807) is 13.8 Å². The molecule has 0 saturated carbocycles. The minimum Gasteiger partial charge on any atom is -0.394 e. The summed E-state index contributed by atoms with van der Waals surface area (Å²) in [6.07, 6.45) is -4.70. The molecular weight excluding hydrogens is 340 g/mol. The summed E-state index contributed by atoms with van der Waals surface area (Å²) in [7, 11) is 0. The van der Waals surface area contributed by atoms with E-state index in [0.29, 0.717) is 6.07 Å². The van der Waals surface area contributed by atoms with E-state index < -0.39 is 23.7 Å². The van der Waals surface area contributed by atoms with Gasteiger partial charge in [-0.25, -0.2) is 9.37 Å². The van der Waals surface area contributed by atoms with Crippen molar-refractivity contribution in [2.24, 2.45) is 5.92 Å². The summed E-state index contributed by atoms with van der Waals surface area (Å²) in [5.74, 6) is -1.21. The molecule has 9 heteroatoms. The lowest BCUT2D eigenvalue weighted by Gasteiger charge is -2.21. The number of aliphatic hydroxyl groups is 1. The molecular formula is C16H18F4N4O. The molecule has 1 atom stereocenters. The van der Waals surface area contributed by atoms with Crippen LogP contribution in [0.1, 0.15) is 19.5 Å². The fourth-order valence-electron chi connectivity index (χ4n) is 2.01. The molecule has 1 heterocycles. The van der Waals surface area contributed by atoms with Crippen LogP contribution in [0, 0.1) is 11.7 Å². The Kier molecular flexibility index (Phi) is 5.78. The third-order valence-corrected chi connectivity index (χ3v) is 3.47. The van der Waals surface area contributed by atoms with Crippen LogP contribution in [0.3, 0.4) is 0 Å². The van der Waals surface area contributed by atoms with Gasteiger partial charge < -0.3 is 15.7 Å². The molecule has 2 aromatic rings. The summed E-state index contributed by atoms with van der Waals surface area (Å²) in [5, 5.41) is 14.5. The number of nitrogens with one attached hydrogen (secondary N) is 2. The first-order chi connectivity index (χ1) is 11.7. The summed E-state index contributed by atoms with van der Waals surface area (Å²) in [6.45, 7) is 3.29. The average molecular weight is 358 g/mol. The van der Waals surface area contributed by atoms with E-state index in [1.807, 2.05) is 0 Å². The normalized spacial score (nSPS) is 13.0. The van der Waals surface area contributed by atoms with Crippen LogP contribution in [-0.2, 0) is 6.18 Å². The van der Waals surface area contributed by atoms with Crippen molar-refractivity contribution in [3.8, 4) is 0 Å². The van der Waals surface area contributed by atoms with Gasteiger partial charge in [-0.2, -0.15) is 18.2 Å². The van der Waals surface area contributed by atoms with Gasteiger partial charge in [0.15, 0.2) is 5.69 Å². The van der Waals surface area contributed by atoms with Gasteiger partial charge in [-0.05, 0) is 18.1 Å². The van der Waals surface area contributed by atoms with Gasteiger partial charge in [-0.1, -0.05) is 26.0 Å². The standard InChI is InChI=1S/C16H18F4N4O/c1-9(2)12(8-25)22-15-23-13(16(18,19)20)7-14(24-15)21-11-6-4-3-5-10(11)17/h3-7,9,12,25H,8H2,1-2H3,(H2,21,22,23,24)/t12-/m0/s1. The molecule has 0 aliphatic carbocycles. The zero-order valence-corrected chi connectivity index (χ0v) is 13.6. The number of nitrogens with zero attached hydrogens (tertiary/aromatic N) is 2. The number of alkyl halides is 3. The van der Waals surface area contributed by atoms with Gasteiger partial charge in [0.2, 0.25) is 5.95 Å². The van der Waals surface area contributed by atoms with Crippen LogP contribution in [0.25, 0.3) is 0 Å². The van der Waals surface area contributed by atoms with Gasteiger partial charge in [0, 0.05) is 6.07 Å². The number of hydrogen-bond acceptors (Lipinski definition) is 5. The molecule has 25 heavy (non-hydrogen) atoms. The third kappa shape index (κ3) is 5.02. The van der Waals surface area contributed by atoms with Crippen molar-refractivity contribution < 1.29 is 22.7 Å². The molecule has 2 rings (SSSR count). The number of halogens is 4. The lowest BCUT2D eigenvalue weighted by Crippen LogP contribution is -2.30. The predicted molar refractivity (Wildman–Crippen MR) is 86.1 cm³/mol. The lowest BCUT2D eigenvalue weighted by molar-refractivity contribution is -0.141. The van der Waals surface area contributed by atoms with Crippen molar-refractivity contribution in [2.75, 3.05) is 17.2 Å². The smallest absolute Gasteiger partial charge is 0.394 e. The van der Waals surface area contributed by atoms with E-state index in [-0.39, 0.29) is 30.0 Å². The Morgan fingerprint density at radius 3 is 2.40 bits per heavy atom. The second-order valence-electron chi connectivity index (χ2n) is 5.74. The summed E-state index contributed by atoms with van der Waals surface area (Å²) >= 11 is 0. The molecule has 1 aromatic heterocycles. The van der Waals surface area contributed by atoms with Crippen LogP contribution in [0.15, 0.2) is 30.3 Å². The molecule has 0 aliphatic rings. The molecule has 3 N–H and O–H groups in total. The highest BCUT2D eigenvalue weighted by Gasteiger charge is 2.34. The fraction of sp³-hybridized carbons (Fsp3) is 0.375. The molecule has 0 saturated heterocycles. The minimum absolute atomic E-state index is 0.0113. The van der Waals surface area contributed by atoms with E-state index in [4.69, 9.17) is 0 Å². The van der Waals surface area contributed by atoms with Crippen LogP contribution in [0.4, 0.5) is 35.0 Å². The van der Waals surface area contributed by atoms with Crippen molar-refractivity contribution in [3.05, 3.63) is 41.8 Å². The topological polar surface area (TPSA) is 70.1 Å². The summed E-state index contributed by atoms with van der Waals surface area (Å²) in [6, 6.07) is 5.72. The highest BCUT2D eigenvalue weighted by Crippen LogP contribution is 2.31.